The molecule has 1 amide bonds. The zero-order valence-corrected chi connectivity index (χ0v) is 20.9. The van der Waals surface area contributed by atoms with E-state index in [1.165, 1.54) is 24.4 Å². The molecule has 0 saturated carbocycles. The second-order valence-corrected chi connectivity index (χ2v) is 9.69. The monoisotopic (exact) mass is 517 g/mol. The highest BCUT2D eigenvalue weighted by Gasteiger charge is 2.44. The Kier molecular flexibility index (Phi) is 6.65. The Hall–Kier alpha value is -4.20. The number of nitrogens with one attached hydrogen (secondary N) is 2. The normalized spacial score (nSPS) is 19.7. The zero-order valence-electron chi connectivity index (χ0n) is 20.9. The van der Waals surface area contributed by atoms with E-state index in [1.807, 2.05) is 37.3 Å². The minimum absolute atomic E-state index is 0.0651. The number of dihydropyridines is 1. The van der Waals surface area contributed by atoms with Crippen molar-refractivity contribution in [2.24, 2.45) is 0 Å². The second-order valence-electron chi connectivity index (χ2n) is 9.69. The number of aromatic nitrogens is 1. The lowest BCUT2D eigenvalue weighted by Crippen LogP contribution is -2.37. The third-order valence-electron chi connectivity index (χ3n) is 7.08. The summed E-state index contributed by atoms with van der Waals surface area (Å²) in [5, 5.41) is 5.93. The Balaban J connectivity index is 1.63. The number of aryl methyl sites for hydroxylation is 1. The second kappa shape index (κ2) is 9.93. The lowest BCUT2D eigenvalue weighted by molar-refractivity contribution is -0.138. The van der Waals surface area contributed by atoms with Crippen LogP contribution >= 0.6 is 0 Å². The summed E-state index contributed by atoms with van der Waals surface area (Å²) in [4.78, 5) is 31.5. The number of anilines is 1. The number of pyridine rings is 1. The fraction of sp³-hybridized carbons (Fsp3) is 0.233. The number of Topliss-reactive ketones (excluding diaryl/α,β-unsaturated/α-hetero) is 1. The predicted molar refractivity (Wildman–Crippen MR) is 138 cm³/mol. The van der Waals surface area contributed by atoms with Crippen LogP contribution in [0.4, 0.5) is 19.0 Å². The fourth-order valence-corrected chi connectivity index (χ4v) is 5.41. The molecule has 0 spiro atoms. The van der Waals surface area contributed by atoms with Gasteiger partial charge in [0.2, 0.25) is 0 Å². The van der Waals surface area contributed by atoms with Crippen LogP contribution in [0, 0.1) is 6.92 Å². The summed E-state index contributed by atoms with van der Waals surface area (Å²) in [6.45, 7) is 3.50. The van der Waals surface area contributed by atoms with E-state index in [-0.39, 0.29) is 40.6 Å². The van der Waals surface area contributed by atoms with Crippen LogP contribution < -0.4 is 10.6 Å². The van der Waals surface area contributed by atoms with Crippen molar-refractivity contribution in [3.63, 3.8) is 0 Å². The average Bonchev–Trinajstić information content (AvgIpc) is 2.87. The van der Waals surface area contributed by atoms with Gasteiger partial charge in [0.25, 0.3) is 5.91 Å². The third-order valence-corrected chi connectivity index (χ3v) is 7.08. The van der Waals surface area contributed by atoms with Gasteiger partial charge in [0.15, 0.2) is 5.78 Å². The first-order chi connectivity index (χ1) is 18.1. The lowest BCUT2D eigenvalue weighted by Gasteiger charge is -2.37. The van der Waals surface area contributed by atoms with Crippen LogP contribution in [0.25, 0.3) is 0 Å². The van der Waals surface area contributed by atoms with Crippen molar-refractivity contribution in [2.75, 3.05) is 5.32 Å². The van der Waals surface area contributed by atoms with Crippen molar-refractivity contribution >= 4 is 17.5 Å². The number of alkyl halides is 3. The molecule has 194 valence electrons. The number of ketones is 1. The Morgan fingerprint density at radius 3 is 2.42 bits per heavy atom. The van der Waals surface area contributed by atoms with Crippen LogP contribution in [0.15, 0.2) is 95.5 Å². The Labute approximate surface area is 218 Å². The Bertz CT molecular complexity index is 1480. The smallest absolute Gasteiger partial charge is 0.362 e. The highest BCUT2D eigenvalue weighted by Crippen LogP contribution is 2.48. The summed E-state index contributed by atoms with van der Waals surface area (Å²) in [6, 6.07) is 18.2. The van der Waals surface area contributed by atoms with E-state index in [1.54, 1.807) is 19.1 Å². The van der Waals surface area contributed by atoms with Crippen LogP contribution in [0.5, 0.6) is 0 Å². The van der Waals surface area contributed by atoms with Gasteiger partial charge in [0, 0.05) is 41.1 Å². The molecule has 3 aromatic rings. The number of allylic oxidation sites excluding steroid dienone is 3. The van der Waals surface area contributed by atoms with E-state index in [0.29, 0.717) is 17.8 Å². The van der Waals surface area contributed by atoms with Crippen LogP contribution in [0.1, 0.15) is 53.9 Å². The van der Waals surface area contributed by atoms with Crippen LogP contribution in [0.2, 0.25) is 0 Å². The number of benzene rings is 2. The molecule has 2 N–H and O–H groups in total. The topological polar surface area (TPSA) is 71.1 Å². The highest BCUT2D eigenvalue weighted by atomic mass is 19.4. The molecule has 1 aliphatic heterocycles. The largest absolute Gasteiger partial charge is 0.416 e. The molecular weight excluding hydrogens is 491 g/mol. The van der Waals surface area contributed by atoms with Gasteiger partial charge in [-0.15, -0.1) is 0 Å². The molecule has 1 aliphatic carbocycles. The molecule has 0 saturated heterocycles. The quantitative estimate of drug-likeness (QED) is 0.420. The first-order valence-electron chi connectivity index (χ1n) is 12.3. The van der Waals surface area contributed by atoms with Gasteiger partial charge in [0.1, 0.15) is 5.82 Å². The maximum absolute atomic E-state index is 14.2. The standard InChI is InChI=1S/C30H26F3N3O2/c1-17-12-13-34-25(14-17)36-29(38)26-18(2)35-23-15-20(19-8-4-3-5-9-19)16-24(37)28(23)27(26)21-10-6-7-11-22(21)30(31,32)33/h3-14,20,27,35H,15-16H2,1-2H3,(H,34,36,38)/t20-,27+/m1/s1. The average molecular weight is 518 g/mol. The van der Waals surface area contributed by atoms with Gasteiger partial charge in [-0.25, -0.2) is 4.98 Å². The molecule has 38 heavy (non-hydrogen) atoms. The van der Waals surface area contributed by atoms with Gasteiger partial charge < -0.3 is 10.6 Å². The molecule has 1 aromatic heterocycles. The molecule has 0 bridgehead atoms. The molecule has 2 aromatic carbocycles. The van der Waals surface area contributed by atoms with E-state index in [0.717, 1.165) is 17.2 Å². The molecule has 2 heterocycles. The van der Waals surface area contributed by atoms with Crippen molar-refractivity contribution in [3.8, 4) is 0 Å². The third kappa shape index (κ3) is 4.86. The summed E-state index contributed by atoms with van der Waals surface area (Å²) in [5.41, 5.74) is 2.08. The Morgan fingerprint density at radius 1 is 1.00 bits per heavy atom. The molecule has 0 unspecified atom stereocenters. The van der Waals surface area contributed by atoms with Gasteiger partial charge in [-0.3, -0.25) is 9.59 Å². The molecule has 2 aliphatic rings. The van der Waals surface area contributed by atoms with Crippen LogP contribution in [-0.4, -0.2) is 16.7 Å². The van der Waals surface area contributed by atoms with Crippen LogP contribution in [-0.2, 0) is 15.8 Å². The maximum Gasteiger partial charge on any atom is 0.416 e. The molecule has 5 rings (SSSR count). The van der Waals surface area contributed by atoms with E-state index in [2.05, 4.69) is 15.6 Å². The number of hydrogen-bond acceptors (Lipinski definition) is 4. The minimum Gasteiger partial charge on any atom is -0.362 e. The van der Waals surface area contributed by atoms with Gasteiger partial charge in [-0.2, -0.15) is 13.2 Å². The van der Waals surface area contributed by atoms with Gasteiger partial charge in [-0.1, -0.05) is 48.5 Å². The van der Waals surface area contributed by atoms with Gasteiger partial charge >= 0.3 is 6.18 Å². The minimum atomic E-state index is -4.67. The summed E-state index contributed by atoms with van der Waals surface area (Å²) >= 11 is 0. The number of carbonyl (C=O) groups is 2. The predicted octanol–water partition coefficient (Wildman–Crippen LogP) is 6.41. The van der Waals surface area contributed by atoms with E-state index in [9.17, 15) is 22.8 Å². The fourth-order valence-electron chi connectivity index (χ4n) is 5.41. The summed E-state index contributed by atoms with van der Waals surface area (Å²) in [7, 11) is 0. The lowest BCUT2D eigenvalue weighted by atomic mass is 9.70. The zero-order chi connectivity index (χ0) is 27.0. The first-order valence-corrected chi connectivity index (χ1v) is 12.3. The van der Waals surface area contributed by atoms with E-state index >= 15 is 0 Å². The van der Waals surface area contributed by atoms with Crippen molar-refractivity contribution in [1.82, 2.24) is 10.3 Å². The molecule has 0 fully saturated rings. The van der Waals surface area contributed by atoms with Gasteiger partial charge in [-0.05, 0) is 61.1 Å². The number of nitrogens with zero attached hydrogens (tertiary/aromatic N) is 1. The van der Waals surface area contributed by atoms with Crippen molar-refractivity contribution in [1.29, 1.82) is 0 Å². The highest BCUT2D eigenvalue weighted by molar-refractivity contribution is 6.09. The molecule has 2 atom stereocenters. The molecule has 8 heteroatoms. The number of rotatable bonds is 4. The number of halogens is 3. The van der Waals surface area contributed by atoms with Crippen LogP contribution in [0.3, 0.4) is 0 Å². The molecular formula is C30H26F3N3O2. The number of carbonyl (C=O) groups excluding carboxylic acids is 2. The summed E-state index contributed by atoms with van der Waals surface area (Å²) in [6.07, 6.45) is -2.54. The number of amides is 1. The molecule has 0 radical (unpaired) electrons. The SMILES string of the molecule is CC1=C(C(=O)Nc2cc(C)ccn2)[C@H](c2ccccc2C(F)(F)F)C2=C(C[C@@H](c3ccccc3)CC2=O)N1. The van der Waals surface area contributed by atoms with E-state index < -0.39 is 23.6 Å². The molecule has 5 nitrogen and oxygen atoms in total. The first kappa shape index (κ1) is 25.4. The summed E-state index contributed by atoms with van der Waals surface area (Å²) in [5.74, 6) is -1.91. The number of hydrogen-bond donors (Lipinski definition) is 2. The summed E-state index contributed by atoms with van der Waals surface area (Å²) < 4.78 is 42.5. The van der Waals surface area contributed by atoms with Crippen molar-refractivity contribution in [3.05, 3.63) is 118 Å². The van der Waals surface area contributed by atoms with Crippen molar-refractivity contribution in [2.45, 2.75) is 44.7 Å². The van der Waals surface area contributed by atoms with Crippen molar-refractivity contribution < 1.29 is 22.8 Å². The van der Waals surface area contributed by atoms with E-state index in [4.69, 9.17) is 0 Å². The maximum atomic E-state index is 14.2. The van der Waals surface area contributed by atoms with Gasteiger partial charge in [0.05, 0.1) is 5.56 Å². The Morgan fingerprint density at radius 2 is 1.71 bits per heavy atom.